The van der Waals surface area contributed by atoms with E-state index >= 15 is 0 Å². The largest absolute Gasteiger partial charge is 0.357 e. The van der Waals surface area contributed by atoms with E-state index in [0.717, 1.165) is 24.5 Å². The molecule has 0 atom stereocenters. The van der Waals surface area contributed by atoms with Gasteiger partial charge in [0, 0.05) is 20.1 Å². The molecular weight excluding hydrogens is 148 g/mol. The highest BCUT2D eigenvalue weighted by molar-refractivity contribution is 5.97. The summed E-state index contributed by atoms with van der Waals surface area (Å²) >= 11 is 0. The first-order valence-corrected chi connectivity index (χ1v) is 4.63. The Bertz CT molecular complexity index is 188. The summed E-state index contributed by atoms with van der Waals surface area (Å²) in [6, 6.07) is 0. The second-order valence-electron chi connectivity index (χ2n) is 3.38. The first kappa shape index (κ1) is 9.30. The van der Waals surface area contributed by atoms with E-state index in [-0.39, 0.29) is 0 Å². The van der Waals surface area contributed by atoms with E-state index in [0.29, 0.717) is 0 Å². The zero-order chi connectivity index (χ0) is 8.97. The second-order valence-corrected chi connectivity index (χ2v) is 3.38. The molecule has 1 aliphatic rings. The molecule has 0 spiro atoms. The average molecular weight is 166 g/mol. The maximum atomic E-state index is 4.25. The molecule has 1 fully saturated rings. The van der Waals surface area contributed by atoms with Crippen molar-refractivity contribution in [1.82, 2.24) is 4.90 Å². The Kier molecular flexibility index (Phi) is 3.32. The maximum absolute atomic E-state index is 4.25. The summed E-state index contributed by atoms with van der Waals surface area (Å²) in [5, 5.41) is 0. The molecule has 0 amide bonds. The van der Waals surface area contributed by atoms with Crippen LogP contribution in [0.25, 0.3) is 0 Å². The highest BCUT2D eigenvalue weighted by Gasteiger charge is 2.13. The van der Waals surface area contributed by atoms with Crippen molar-refractivity contribution < 1.29 is 0 Å². The lowest BCUT2D eigenvalue weighted by Crippen LogP contribution is -2.36. The minimum Gasteiger partial charge on any atom is -0.357 e. The average Bonchev–Trinajstić information content (AvgIpc) is 2.07. The van der Waals surface area contributed by atoms with E-state index in [4.69, 9.17) is 0 Å². The van der Waals surface area contributed by atoms with Gasteiger partial charge in [-0.3, -0.25) is 4.99 Å². The van der Waals surface area contributed by atoms with Gasteiger partial charge < -0.3 is 4.90 Å². The van der Waals surface area contributed by atoms with Gasteiger partial charge in [0.25, 0.3) is 0 Å². The lowest BCUT2D eigenvalue weighted by molar-refractivity contribution is 0.342. The Labute approximate surface area is 75.0 Å². The summed E-state index contributed by atoms with van der Waals surface area (Å²) in [5.41, 5.74) is 1.08. The molecule has 0 bridgehead atoms. The van der Waals surface area contributed by atoms with Gasteiger partial charge in [0.2, 0.25) is 0 Å². The van der Waals surface area contributed by atoms with Crippen molar-refractivity contribution >= 4 is 5.84 Å². The number of nitrogens with zero attached hydrogens (tertiary/aromatic N) is 2. The summed E-state index contributed by atoms with van der Waals surface area (Å²) in [6.45, 7) is 8.26. The fourth-order valence-electron chi connectivity index (χ4n) is 1.71. The first-order chi connectivity index (χ1) is 5.75. The molecular formula is C10H18N2. The smallest absolute Gasteiger partial charge is 0.125 e. The molecule has 0 unspecified atom stereocenters. The molecule has 1 saturated heterocycles. The molecule has 0 aromatic heterocycles. The zero-order valence-electron chi connectivity index (χ0n) is 8.14. The van der Waals surface area contributed by atoms with Gasteiger partial charge >= 0.3 is 0 Å². The molecule has 2 heteroatoms. The van der Waals surface area contributed by atoms with Crippen LogP contribution >= 0.6 is 0 Å². The molecule has 2 nitrogen and oxygen atoms in total. The minimum absolute atomic E-state index is 1.08. The van der Waals surface area contributed by atoms with Gasteiger partial charge in [-0.15, -0.1) is 0 Å². The van der Waals surface area contributed by atoms with Crippen molar-refractivity contribution in [3.8, 4) is 0 Å². The summed E-state index contributed by atoms with van der Waals surface area (Å²) in [6.07, 6.45) is 3.96. The molecule has 1 heterocycles. The number of amidine groups is 1. The Morgan fingerprint density at radius 2 is 1.83 bits per heavy atom. The fourth-order valence-corrected chi connectivity index (χ4v) is 1.71. The number of aliphatic imine (C=N–C) groups is 1. The third kappa shape index (κ3) is 2.10. The van der Waals surface area contributed by atoms with E-state index in [9.17, 15) is 0 Å². The van der Waals surface area contributed by atoms with Crippen LogP contribution in [-0.4, -0.2) is 30.9 Å². The summed E-state index contributed by atoms with van der Waals surface area (Å²) in [7, 11) is 1.85. The third-order valence-electron chi connectivity index (χ3n) is 2.25. The van der Waals surface area contributed by atoms with Crippen molar-refractivity contribution in [1.29, 1.82) is 0 Å². The van der Waals surface area contributed by atoms with E-state index in [1.165, 1.54) is 19.3 Å². The Balaban J connectivity index is 2.59. The van der Waals surface area contributed by atoms with E-state index in [1.807, 2.05) is 14.0 Å². The lowest BCUT2D eigenvalue weighted by atomic mass is 10.1. The lowest BCUT2D eigenvalue weighted by Gasteiger charge is -2.29. The molecule has 0 radical (unpaired) electrons. The van der Waals surface area contributed by atoms with Gasteiger partial charge in [0.1, 0.15) is 5.84 Å². The van der Waals surface area contributed by atoms with Crippen LogP contribution in [0.2, 0.25) is 0 Å². The molecule has 0 aliphatic carbocycles. The number of rotatable bonds is 1. The third-order valence-corrected chi connectivity index (χ3v) is 2.25. The van der Waals surface area contributed by atoms with Crippen molar-refractivity contribution in [3.63, 3.8) is 0 Å². The van der Waals surface area contributed by atoms with Gasteiger partial charge in [-0.05, 0) is 31.8 Å². The van der Waals surface area contributed by atoms with Crippen LogP contribution in [-0.2, 0) is 0 Å². The standard InChI is InChI=1S/C10H18N2/c1-9(2)10(11-3)12-7-5-4-6-8-12/h1,4-8H2,2-3H3. The molecule has 0 aromatic carbocycles. The monoisotopic (exact) mass is 166 g/mol. The van der Waals surface area contributed by atoms with Crippen LogP contribution in [0.5, 0.6) is 0 Å². The summed E-state index contributed by atoms with van der Waals surface area (Å²) in [4.78, 5) is 6.59. The fraction of sp³-hybridized carbons (Fsp3) is 0.700. The second kappa shape index (κ2) is 4.29. The highest BCUT2D eigenvalue weighted by atomic mass is 15.2. The predicted molar refractivity (Wildman–Crippen MR) is 53.6 cm³/mol. The topological polar surface area (TPSA) is 15.6 Å². The number of piperidine rings is 1. The Morgan fingerprint density at radius 1 is 1.25 bits per heavy atom. The van der Waals surface area contributed by atoms with Gasteiger partial charge in [0.05, 0.1) is 0 Å². The first-order valence-electron chi connectivity index (χ1n) is 4.63. The number of likely N-dealkylation sites (tertiary alicyclic amines) is 1. The quantitative estimate of drug-likeness (QED) is 0.430. The Morgan fingerprint density at radius 3 is 2.25 bits per heavy atom. The van der Waals surface area contributed by atoms with Crippen LogP contribution in [0.15, 0.2) is 17.1 Å². The van der Waals surface area contributed by atoms with Gasteiger partial charge in [0.15, 0.2) is 0 Å². The minimum atomic E-state index is 1.08. The molecule has 12 heavy (non-hydrogen) atoms. The molecule has 0 aromatic rings. The zero-order valence-corrected chi connectivity index (χ0v) is 8.14. The van der Waals surface area contributed by atoms with Crippen LogP contribution in [0, 0.1) is 0 Å². The Hall–Kier alpha value is -0.790. The highest BCUT2D eigenvalue weighted by Crippen LogP contribution is 2.11. The van der Waals surface area contributed by atoms with Crippen LogP contribution in [0.1, 0.15) is 26.2 Å². The van der Waals surface area contributed by atoms with Crippen molar-refractivity contribution in [2.45, 2.75) is 26.2 Å². The van der Waals surface area contributed by atoms with Crippen molar-refractivity contribution in [3.05, 3.63) is 12.2 Å². The SMILES string of the molecule is C=C(C)C(=NC)N1CCCCC1. The maximum Gasteiger partial charge on any atom is 0.125 e. The van der Waals surface area contributed by atoms with E-state index < -0.39 is 0 Å². The molecule has 0 N–H and O–H groups in total. The molecule has 68 valence electrons. The van der Waals surface area contributed by atoms with Crippen molar-refractivity contribution in [2.24, 2.45) is 4.99 Å². The number of hydrogen-bond acceptors (Lipinski definition) is 1. The molecule has 1 rings (SSSR count). The van der Waals surface area contributed by atoms with Crippen molar-refractivity contribution in [2.75, 3.05) is 20.1 Å². The van der Waals surface area contributed by atoms with Gasteiger partial charge in [-0.25, -0.2) is 0 Å². The van der Waals surface area contributed by atoms with E-state index in [2.05, 4.69) is 16.5 Å². The summed E-state index contributed by atoms with van der Waals surface area (Å²) in [5.74, 6) is 1.09. The summed E-state index contributed by atoms with van der Waals surface area (Å²) < 4.78 is 0. The molecule has 0 saturated carbocycles. The van der Waals surface area contributed by atoms with Crippen LogP contribution in [0.3, 0.4) is 0 Å². The van der Waals surface area contributed by atoms with Crippen LogP contribution < -0.4 is 0 Å². The van der Waals surface area contributed by atoms with Gasteiger partial charge in [-0.2, -0.15) is 0 Å². The van der Waals surface area contributed by atoms with Gasteiger partial charge in [-0.1, -0.05) is 6.58 Å². The molecule has 1 aliphatic heterocycles. The number of hydrogen-bond donors (Lipinski definition) is 0. The predicted octanol–water partition coefficient (Wildman–Crippen LogP) is 2.08. The van der Waals surface area contributed by atoms with E-state index in [1.54, 1.807) is 0 Å². The normalized spacial score (nSPS) is 19.5. The van der Waals surface area contributed by atoms with Crippen LogP contribution in [0.4, 0.5) is 0 Å².